The van der Waals surface area contributed by atoms with Crippen molar-refractivity contribution in [1.29, 1.82) is 5.26 Å². The Labute approximate surface area is 121 Å². The number of halogens is 1. The summed E-state index contributed by atoms with van der Waals surface area (Å²) in [6.45, 7) is 0. The van der Waals surface area contributed by atoms with Gasteiger partial charge in [0.05, 0.1) is 11.6 Å². The fourth-order valence-corrected chi connectivity index (χ4v) is 2.30. The van der Waals surface area contributed by atoms with Crippen molar-refractivity contribution in [3.63, 3.8) is 0 Å². The van der Waals surface area contributed by atoms with Gasteiger partial charge in [-0.3, -0.25) is 4.79 Å². The monoisotopic (exact) mass is 280 g/mol. The van der Waals surface area contributed by atoms with E-state index in [2.05, 4.69) is 11.4 Å². The number of nitriles is 1. The number of anilines is 1. The van der Waals surface area contributed by atoms with Gasteiger partial charge >= 0.3 is 0 Å². The van der Waals surface area contributed by atoms with Crippen LogP contribution in [0, 0.1) is 11.3 Å². The predicted octanol–water partition coefficient (Wildman–Crippen LogP) is 3.70. The quantitative estimate of drug-likeness (QED) is 0.810. The molecule has 2 aromatic rings. The Morgan fingerprint density at radius 1 is 1.15 bits per heavy atom. The van der Waals surface area contributed by atoms with E-state index < -0.39 is 0 Å². The zero-order valence-electron chi connectivity index (χ0n) is 10.4. The molecule has 3 rings (SSSR count). The summed E-state index contributed by atoms with van der Waals surface area (Å²) in [6.07, 6.45) is 1.79. The summed E-state index contributed by atoms with van der Waals surface area (Å²) in [6, 6.07) is 14.4. The average Bonchev–Trinajstić information content (AvgIpc) is 2.76. The first-order valence-electron chi connectivity index (χ1n) is 6.00. The molecule has 0 saturated heterocycles. The van der Waals surface area contributed by atoms with E-state index in [1.165, 1.54) is 0 Å². The van der Waals surface area contributed by atoms with E-state index in [0.29, 0.717) is 16.2 Å². The number of carbonyl (C=O) groups is 1. The number of hydrogen-bond acceptors (Lipinski definition) is 2. The van der Waals surface area contributed by atoms with Crippen molar-refractivity contribution >= 4 is 34.8 Å². The van der Waals surface area contributed by atoms with E-state index in [1.54, 1.807) is 48.5 Å². The molecule has 20 heavy (non-hydrogen) atoms. The lowest BCUT2D eigenvalue weighted by atomic mass is 10.0. The van der Waals surface area contributed by atoms with E-state index >= 15 is 0 Å². The molecule has 4 heteroatoms. The molecule has 1 aliphatic heterocycles. The molecule has 0 saturated carbocycles. The van der Waals surface area contributed by atoms with Crippen LogP contribution in [0.2, 0.25) is 5.02 Å². The lowest BCUT2D eigenvalue weighted by Gasteiger charge is -1.99. The minimum atomic E-state index is -0.147. The van der Waals surface area contributed by atoms with Crippen LogP contribution in [0.3, 0.4) is 0 Å². The van der Waals surface area contributed by atoms with Crippen LogP contribution in [-0.4, -0.2) is 5.91 Å². The zero-order chi connectivity index (χ0) is 14.1. The fourth-order valence-electron chi connectivity index (χ4n) is 2.12. The van der Waals surface area contributed by atoms with Gasteiger partial charge in [-0.05, 0) is 42.0 Å². The molecule has 0 bridgehead atoms. The third-order valence-corrected chi connectivity index (χ3v) is 3.35. The number of carbonyl (C=O) groups excluding carboxylic acids is 1. The summed E-state index contributed by atoms with van der Waals surface area (Å²) in [5.74, 6) is -0.147. The van der Waals surface area contributed by atoms with E-state index in [0.717, 1.165) is 16.8 Å². The normalized spacial score (nSPS) is 14.8. The van der Waals surface area contributed by atoms with Crippen LogP contribution in [0.4, 0.5) is 5.69 Å². The topological polar surface area (TPSA) is 52.9 Å². The van der Waals surface area contributed by atoms with Crippen LogP contribution in [0.5, 0.6) is 0 Å². The maximum absolute atomic E-state index is 12.0. The summed E-state index contributed by atoms with van der Waals surface area (Å²) >= 11 is 5.98. The Kier molecular flexibility index (Phi) is 3.02. The molecule has 0 radical (unpaired) electrons. The number of fused-ring (bicyclic) bond motifs is 1. The Hall–Kier alpha value is -2.57. The van der Waals surface area contributed by atoms with Crippen LogP contribution in [0.25, 0.3) is 11.6 Å². The second kappa shape index (κ2) is 4.84. The van der Waals surface area contributed by atoms with E-state index in [4.69, 9.17) is 16.9 Å². The second-order valence-electron chi connectivity index (χ2n) is 4.44. The van der Waals surface area contributed by atoms with Gasteiger partial charge in [-0.25, -0.2) is 0 Å². The van der Waals surface area contributed by atoms with Crippen molar-refractivity contribution in [1.82, 2.24) is 0 Å². The third-order valence-electron chi connectivity index (χ3n) is 3.12. The van der Waals surface area contributed by atoms with E-state index in [9.17, 15) is 4.79 Å². The summed E-state index contributed by atoms with van der Waals surface area (Å²) in [5, 5.41) is 12.2. The van der Waals surface area contributed by atoms with Gasteiger partial charge in [0.1, 0.15) is 0 Å². The lowest BCUT2D eigenvalue weighted by Crippen LogP contribution is -2.03. The van der Waals surface area contributed by atoms with Crippen molar-refractivity contribution in [3.8, 4) is 6.07 Å². The summed E-state index contributed by atoms with van der Waals surface area (Å²) in [4.78, 5) is 12.0. The van der Waals surface area contributed by atoms with Crippen LogP contribution in [0.1, 0.15) is 16.7 Å². The Balaban J connectivity index is 2.06. The Morgan fingerprint density at radius 2 is 1.90 bits per heavy atom. The van der Waals surface area contributed by atoms with Crippen LogP contribution >= 0.6 is 11.6 Å². The molecule has 3 nitrogen and oxygen atoms in total. The highest BCUT2D eigenvalue weighted by Crippen LogP contribution is 2.34. The minimum absolute atomic E-state index is 0.147. The van der Waals surface area contributed by atoms with Gasteiger partial charge in [-0.15, -0.1) is 0 Å². The standard InChI is InChI=1S/C16H9ClN2O/c17-12-5-6-15-13(8-12)14(16(20)19-15)7-10-1-3-11(9-18)4-2-10/h1-8H,(H,19,20)/b14-7-. The Bertz CT molecular complexity index is 770. The third kappa shape index (κ3) is 2.18. The first kappa shape index (κ1) is 12.5. The van der Waals surface area contributed by atoms with Crippen molar-refractivity contribution in [3.05, 3.63) is 64.2 Å². The first-order valence-corrected chi connectivity index (χ1v) is 6.38. The highest BCUT2D eigenvalue weighted by atomic mass is 35.5. The number of nitrogens with one attached hydrogen (secondary N) is 1. The van der Waals surface area contributed by atoms with Crippen LogP contribution in [0.15, 0.2) is 42.5 Å². The van der Waals surface area contributed by atoms with Gasteiger partial charge in [-0.1, -0.05) is 23.7 Å². The number of amides is 1. The first-order chi connectivity index (χ1) is 9.67. The van der Waals surface area contributed by atoms with Crippen LogP contribution in [-0.2, 0) is 4.79 Å². The highest BCUT2D eigenvalue weighted by molar-refractivity contribution is 6.36. The van der Waals surface area contributed by atoms with Gasteiger partial charge < -0.3 is 5.32 Å². The number of benzene rings is 2. The minimum Gasteiger partial charge on any atom is -0.321 e. The SMILES string of the molecule is N#Cc1ccc(/C=C2\C(=O)Nc3ccc(Cl)cc32)cc1. The molecule has 0 unspecified atom stereocenters. The van der Waals surface area contributed by atoms with Crippen molar-refractivity contribution in [2.45, 2.75) is 0 Å². The molecule has 96 valence electrons. The molecule has 0 fully saturated rings. The molecular formula is C16H9ClN2O. The number of hydrogen-bond donors (Lipinski definition) is 1. The molecule has 0 aliphatic carbocycles. The molecule has 1 N–H and O–H groups in total. The van der Waals surface area contributed by atoms with Crippen molar-refractivity contribution in [2.75, 3.05) is 5.32 Å². The zero-order valence-corrected chi connectivity index (χ0v) is 11.1. The molecule has 1 aliphatic rings. The average molecular weight is 281 g/mol. The highest BCUT2D eigenvalue weighted by Gasteiger charge is 2.23. The van der Waals surface area contributed by atoms with E-state index in [-0.39, 0.29) is 5.91 Å². The summed E-state index contributed by atoms with van der Waals surface area (Å²) < 4.78 is 0. The predicted molar refractivity (Wildman–Crippen MR) is 79.1 cm³/mol. The molecule has 1 heterocycles. The maximum atomic E-state index is 12.0. The van der Waals surface area contributed by atoms with Gasteiger partial charge in [0.2, 0.25) is 0 Å². The largest absolute Gasteiger partial charge is 0.321 e. The molecular weight excluding hydrogens is 272 g/mol. The maximum Gasteiger partial charge on any atom is 0.256 e. The molecule has 2 aromatic carbocycles. The molecule has 0 aromatic heterocycles. The molecule has 0 spiro atoms. The molecule has 1 amide bonds. The fraction of sp³-hybridized carbons (Fsp3) is 0. The summed E-state index contributed by atoms with van der Waals surface area (Å²) in [5.41, 5.74) is 3.59. The Morgan fingerprint density at radius 3 is 2.60 bits per heavy atom. The smallest absolute Gasteiger partial charge is 0.256 e. The number of nitrogens with zero attached hydrogens (tertiary/aromatic N) is 1. The molecule has 0 atom stereocenters. The van der Waals surface area contributed by atoms with Gasteiger partial charge in [0.25, 0.3) is 5.91 Å². The second-order valence-corrected chi connectivity index (χ2v) is 4.87. The lowest BCUT2D eigenvalue weighted by molar-refractivity contribution is -0.110. The van der Waals surface area contributed by atoms with Gasteiger partial charge in [-0.2, -0.15) is 5.26 Å². The van der Waals surface area contributed by atoms with Crippen molar-refractivity contribution < 1.29 is 4.79 Å². The van der Waals surface area contributed by atoms with Gasteiger partial charge in [0, 0.05) is 21.8 Å². The van der Waals surface area contributed by atoms with Crippen molar-refractivity contribution in [2.24, 2.45) is 0 Å². The van der Waals surface area contributed by atoms with E-state index in [1.807, 2.05) is 0 Å². The van der Waals surface area contributed by atoms with Gasteiger partial charge in [0.15, 0.2) is 0 Å². The number of rotatable bonds is 1. The van der Waals surface area contributed by atoms with Crippen LogP contribution < -0.4 is 5.32 Å². The summed E-state index contributed by atoms with van der Waals surface area (Å²) in [7, 11) is 0.